The van der Waals surface area contributed by atoms with Crippen molar-refractivity contribution in [1.82, 2.24) is 9.21 Å². The molecule has 31 heavy (non-hydrogen) atoms. The molecule has 9 nitrogen and oxygen atoms in total. The highest BCUT2D eigenvalue weighted by molar-refractivity contribution is 7.89. The third kappa shape index (κ3) is 5.09. The van der Waals surface area contributed by atoms with E-state index in [1.54, 1.807) is 6.92 Å². The van der Waals surface area contributed by atoms with E-state index in [4.69, 9.17) is 0 Å². The number of nitrogens with one attached hydrogen (secondary N) is 1. The molecule has 1 heterocycles. The number of nitro benzene ring substituents is 1. The Morgan fingerprint density at radius 1 is 1.06 bits per heavy atom. The molecule has 0 saturated carbocycles. The molecule has 0 bridgehead atoms. The second-order valence-electron chi connectivity index (χ2n) is 7.68. The Balaban J connectivity index is 1.62. The van der Waals surface area contributed by atoms with Crippen LogP contribution in [0.2, 0.25) is 0 Å². The van der Waals surface area contributed by atoms with Gasteiger partial charge in [-0.25, -0.2) is 8.42 Å². The molecular weight excluding hydrogens is 420 g/mol. The van der Waals surface area contributed by atoms with E-state index in [9.17, 15) is 23.3 Å². The molecule has 1 aliphatic heterocycles. The number of nitro groups is 1. The summed E-state index contributed by atoms with van der Waals surface area (Å²) in [4.78, 5) is 24.7. The Morgan fingerprint density at radius 3 is 2.39 bits per heavy atom. The van der Waals surface area contributed by atoms with Crippen molar-refractivity contribution in [2.24, 2.45) is 0 Å². The fourth-order valence-corrected chi connectivity index (χ4v) is 5.19. The summed E-state index contributed by atoms with van der Waals surface area (Å²) in [5.74, 6) is -0.153. The Morgan fingerprint density at radius 2 is 1.74 bits per heavy atom. The lowest BCUT2D eigenvalue weighted by Crippen LogP contribution is -2.50. The highest BCUT2D eigenvalue weighted by Crippen LogP contribution is 2.25. The van der Waals surface area contributed by atoms with Gasteiger partial charge < -0.3 is 5.32 Å². The van der Waals surface area contributed by atoms with E-state index in [0.717, 1.165) is 22.9 Å². The molecule has 0 aromatic heterocycles. The molecule has 3 rings (SSSR count). The van der Waals surface area contributed by atoms with Crippen LogP contribution in [-0.2, 0) is 14.8 Å². The summed E-state index contributed by atoms with van der Waals surface area (Å²) < 4.78 is 27.4. The number of aryl methyl sites for hydroxylation is 2. The first-order valence-corrected chi connectivity index (χ1v) is 11.4. The molecule has 2 aromatic carbocycles. The minimum atomic E-state index is -3.86. The van der Waals surface area contributed by atoms with Gasteiger partial charge in [0.1, 0.15) is 0 Å². The van der Waals surface area contributed by atoms with Crippen LogP contribution in [0.4, 0.5) is 11.4 Å². The van der Waals surface area contributed by atoms with Gasteiger partial charge >= 0.3 is 0 Å². The van der Waals surface area contributed by atoms with Crippen molar-refractivity contribution in [2.45, 2.75) is 25.7 Å². The van der Waals surface area contributed by atoms with Crippen LogP contribution in [0.5, 0.6) is 0 Å². The van der Waals surface area contributed by atoms with Crippen molar-refractivity contribution >= 4 is 27.3 Å². The quantitative estimate of drug-likeness (QED) is 0.539. The lowest BCUT2D eigenvalue weighted by Gasteiger charge is -2.33. The number of anilines is 1. The topological polar surface area (TPSA) is 113 Å². The first-order valence-electron chi connectivity index (χ1n) is 9.93. The molecule has 0 radical (unpaired) electrons. The number of hydrogen-bond acceptors (Lipinski definition) is 6. The zero-order valence-electron chi connectivity index (χ0n) is 17.8. The van der Waals surface area contributed by atoms with Crippen molar-refractivity contribution < 1.29 is 18.1 Å². The Bertz CT molecular complexity index is 1110. The third-order valence-corrected chi connectivity index (χ3v) is 7.62. The number of carbonyl (C=O) groups excluding carboxylic acids is 1. The van der Waals surface area contributed by atoms with Crippen molar-refractivity contribution in [2.75, 3.05) is 38.0 Å². The van der Waals surface area contributed by atoms with Crippen molar-refractivity contribution in [1.29, 1.82) is 0 Å². The van der Waals surface area contributed by atoms with Gasteiger partial charge in [-0.1, -0.05) is 18.2 Å². The predicted molar refractivity (Wildman–Crippen MR) is 118 cm³/mol. The van der Waals surface area contributed by atoms with Gasteiger partial charge in [0.2, 0.25) is 15.9 Å². The molecule has 0 aliphatic carbocycles. The number of hydrogen-bond donors (Lipinski definition) is 1. The zero-order chi connectivity index (χ0) is 22.8. The van der Waals surface area contributed by atoms with E-state index >= 15 is 0 Å². The summed E-state index contributed by atoms with van der Waals surface area (Å²) in [6.45, 7) is 6.92. The van der Waals surface area contributed by atoms with Gasteiger partial charge in [0, 0.05) is 44.0 Å². The van der Waals surface area contributed by atoms with Gasteiger partial charge in [-0.15, -0.1) is 0 Å². The number of sulfonamides is 1. The number of rotatable bonds is 6. The molecule has 1 fully saturated rings. The van der Waals surface area contributed by atoms with E-state index in [2.05, 4.69) is 5.32 Å². The minimum absolute atomic E-state index is 0.0529. The summed E-state index contributed by atoms with van der Waals surface area (Å²) in [6, 6.07) is 9.56. The number of amides is 1. The van der Waals surface area contributed by atoms with Crippen LogP contribution < -0.4 is 5.32 Å². The molecule has 166 valence electrons. The van der Waals surface area contributed by atoms with E-state index < -0.39 is 14.9 Å². The molecule has 2 aromatic rings. The standard InChI is InChI=1S/C21H26N4O5S/c1-15-5-4-6-19(17(15)3)22-21(26)14-23-9-11-24(12-10-23)31(29,30)20-13-18(25(27)28)8-7-16(20)2/h4-8,13H,9-12,14H2,1-3H3,(H,22,26). The van der Waals surface area contributed by atoms with Gasteiger partial charge in [-0.2, -0.15) is 4.31 Å². The monoisotopic (exact) mass is 446 g/mol. The number of non-ortho nitro benzene ring substituents is 1. The van der Waals surface area contributed by atoms with E-state index in [0.29, 0.717) is 18.7 Å². The first-order chi connectivity index (χ1) is 14.6. The van der Waals surface area contributed by atoms with Gasteiger partial charge in [0.15, 0.2) is 0 Å². The van der Waals surface area contributed by atoms with Crippen LogP contribution in [0.1, 0.15) is 16.7 Å². The fraction of sp³-hybridized carbons (Fsp3) is 0.381. The van der Waals surface area contributed by atoms with E-state index in [-0.39, 0.29) is 36.1 Å². The largest absolute Gasteiger partial charge is 0.325 e. The highest BCUT2D eigenvalue weighted by Gasteiger charge is 2.31. The van der Waals surface area contributed by atoms with Crippen LogP contribution in [0.3, 0.4) is 0 Å². The minimum Gasteiger partial charge on any atom is -0.325 e. The highest BCUT2D eigenvalue weighted by atomic mass is 32.2. The van der Waals surface area contributed by atoms with Crippen molar-refractivity contribution in [3.8, 4) is 0 Å². The van der Waals surface area contributed by atoms with Crippen LogP contribution in [0.15, 0.2) is 41.3 Å². The maximum atomic E-state index is 13.0. The van der Waals surface area contributed by atoms with E-state index in [1.165, 1.54) is 16.4 Å². The normalized spacial score (nSPS) is 15.6. The zero-order valence-corrected chi connectivity index (χ0v) is 18.6. The number of nitrogens with zero attached hydrogens (tertiary/aromatic N) is 3. The summed E-state index contributed by atoms with van der Waals surface area (Å²) in [5, 5.41) is 14.0. The van der Waals surface area contributed by atoms with Gasteiger partial charge in [-0.3, -0.25) is 19.8 Å². The molecular formula is C21H26N4O5S. The number of piperazine rings is 1. The molecule has 0 unspecified atom stereocenters. The molecule has 1 amide bonds. The lowest BCUT2D eigenvalue weighted by molar-refractivity contribution is -0.385. The van der Waals surface area contributed by atoms with Crippen LogP contribution in [0, 0.1) is 30.9 Å². The molecule has 1 aliphatic rings. The molecule has 1 N–H and O–H groups in total. The second kappa shape index (κ2) is 9.13. The molecule has 0 spiro atoms. The lowest BCUT2D eigenvalue weighted by atomic mass is 10.1. The number of carbonyl (C=O) groups is 1. The Hall–Kier alpha value is -2.82. The molecule has 10 heteroatoms. The average molecular weight is 447 g/mol. The Labute approximate surface area is 181 Å². The van der Waals surface area contributed by atoms with Gasteiger partial charge in [0.05, 0.1) is 16.4 Å². The summed E-state index contributed by atoms with van der Waals surface area (Å²) in [5.41, 5.74) is 3.08. The summed E-state index contributed by atoms with van der Waals surface area (Å²) >= 11 is 0. The van der Waals surface area contributed by atoms with Crippen LogP contribution in [-0.4, -0.2) is 61.2 Å². The van der Waals surface area contributed by atoms with Crippen LogP contribution in [0.25, 0.3) is 0 Å². The van der Waals surface area contributed by atoms with Gasteiger partial charge in [0.25, 0.3) is 5.69 Å². The van der Waals surface area contributed by atoms with Crippen molar-refractivity contribution in [3.63, 3.8) is 0 Å². The third-order valence-electron chi connectivity index (χ3n) is 5.58. The Kier molecular flexibility index (Phi) is 6.73. The summed E-state index contributed by atoms with van der Waals surface area (Å²) in [7, 11) is -3.86. The average Bonchev–Trinajstić information content (AvgIpc) is 2.72. The summed E-state index contributed by atoms with van der Waals surface area (Å²) in [6.07, 6.45) is 0. The maximum absolute atomic E-state index is 13.0. The number of benzene rings is 2. The maximum Gasteiger partial charge on any atom is 0.270 e. The smallest absolute Gasteiger partial charge is 0.270 e. The van der Waals surface area contributed by atoms with E-state index in [1.807, 2.05) is 36.9 Å². The molecule has 0 atom stereocenters. The van der Waals surface area contributed by atoms with Crippen LogP contribution >= 0.6 is 0 Å². The van der Waals surface area contributed by atoms with Gasteiger partial charge in [-0.05, 0) is 43.5 Å². The molecule has 1 saturated heterocycles. The first kappa shape index (κ1) is 22.9. The SMILES string of the molecule is Cc1ccc([N+](=O)[O-])cc1S(=O)(=O)N1CCN(CC(=O)Nc2cccc(C)c2C)CC1. The van der Waals surface area contributed by atoms with Crippen molar-refractivity contribution in [3.05, 3.63) is 63.2 Å². The predicted octanol–water partition coefficient (Wildman–Crippen LogP) is 2.47. The fourth-order valence-electron chi connectivity index (χ4n) is 3.53. The second-order valence-corrected chi connectivity index (χ2v) is 9.59.